The molecule has 1 saturated heterocycles. The lowest BCUT2D eigenvalue weighted by Crippen LogP contribution is -2.41. The van der Waals surface area contributed by atoms with Crippen molar-refractivity contribution >= 4 is 11.8 Å². The standard InChI is InChI=1S/C16H25NO3/c18-11-13-6-2-1-5-12(13)10-17-14(19)9-16(15(17)20)7-3-4-8-16/h12-13,18H,1-11H2. The molecule has 4 heteroatoms. The van der Waals surface area contributed by atoms with Gasteiger partial charge in [0.2, 0.25) is 11.8 Å². The zero-order valence-electron chi connectivity index (χ0n) is 12.1. The molecule has 2 atom stereocenters. The molecular weight excluding hydrogens is 254 g/mol. The van der Waals surface area contributed by atoms with Gasteiger partial charge in [-0.3, -0.25) is 14.5 Å². The SMILES string of the molecule is O=C1CC2(CCCC2)C(=O)N1CC1CCCCC1CO. The monoisotopic (exact) mass is 279 g/mol. The highest BCUT2D eigenvalue weighted by atomic mass is 16.3. The highest BCUT2D eigenvalue weighted by Crippen LogP contribution is 2.47. The van der Waals surface area contributed by atoms with Crippen LogP contribution in [0.3, 0.4) is 0 Å². The van der Waals surface area contributed by atoms with Crippen LogP contribution in [0, 0.1) is 17.3 Å². The van der Waals surface area contributed by atoms with Crippen LogP contribution in [0.1, 0.15) is 57.8 Å². The Balaban J connectivity index is 1.70. The van der Waals surface area contributed by atoms with Crippen LogP contribution in [0.15, 0.2) is 0 Å². The first-order valence-electron chi connectivity index (χ1n) is 8.12. The summed E-state index contributed by atoms with van der Waals surface area (Å²) in [5.41, 5.74) is -0.347. The highest BCUT2D eigenvalue weighted by molar-refractivity contribution is 6.06. The highest BCUT2D eigenvalue weighted by Gasteiger charge is 2.52. The Bertz CT molecular complexity index is 401. The van der Waals surface area contributed by atoms with Crippen LogP contribution >= 0.6 is 0 Å². The summed E-state index contributed by atoms with van der Waals surface area (Å²) in [6.07, 6.45) is 8.76. The lowest BCUT2D eigenvalue weighted by molar-refractivity contribution is -0.142. The minimum atomic E-state index is -0.347. The number of hydrogen-bond donors (Lipinski definition) is 1. The van der Waals surface area contributed by atoms with Crippen molar-refractivity contribution in [1.82, 2.24) is 4.90 Å². The minimum Gasteiger partial charge on any atom is -0.396 e. The van der Waals surface area contributed by atoms with Gasteiger partial charge < -0.3 is 5.11 Å². The first-order valence-corrected chi connectivity index (χ1v) is 8.12. The number of carbonyl (C=O) groups excluding carboxylic acids is 2. The predicted molar refractivity (Wildman–Crippen MR) is 74.8 cm³/mol. The van der Waals surface area contributed by atoms with Gasteiger partial charge in [-0.2, -0.15) is 0 Å². The number of nitrogens with zero attached hydrogens (tertiary/aromatic N) is 1. The predicted octanol–water partition coefficient (Wildman–Crippen LogP) is 2.10. The Morgan fingerprint density at radius 1 is 1.05 bits per heavy atom. The van der Waals surface area contributed by atoms with E-state index in [9.17, 15) is 14.7 Å². The lowest BCUT2D eigenvalue weighted by Gasteiger charge is -2.33. The molecule has 0 bridgehead atoms. The molecule has 2 aliphatic carbocycles. The minimum absolute atomic E-state index is 0.0270. The molecule has 0 radical (unpaired) electrons. The van der Waals surface area contributed by atoms with E-state index in [1.165, 1.54) is 4.90 Å². The molecule has 2 saturated carbocycles. The van der Waals surface area contributed by atoms with E-state index in [0.29, 0.717) is 18.9 Å². The maximum Gasteiger partial charge on any atom is 0.235 e. The molecule has 1 spiro atoms. The number of hydrogen-bond acceptors (Lipinski definition) is 3. The second kappa shape index (κ2) is 5.47. The Labute approximate surface area is 120 Å². The van der Waals surface area contributed by atoms with Gasteiger partial charge in [-0.15, -0.1) is 0 Å². The third-order valence-electron chi connectivity index (χ3n) is 5.77. The first-order chi connectivity index (χ1) is 9.66. The third kappa shape index (κ3) is 2.28. The smallest absolute Gasteiger partial charge is 0.235 e. The van der Waals surface area contributed by atoms with Crippen molar-refractivity contribution in [2.45, 2.75) is 57.8 Å². The zero-order valence-corrected chi connectivity index (χ0v) is 12.1. The molecule has 3 fully saturated rings. The molecular formula is C16H25NO3. The molecule has 3 aliphatic rings. The van der Waals surface area contributed by atoms with E-state index in [-0.39, 0.29) is 29.8 Å². The van der Waals surface area contributed by atoms with Gasteiger partial charge in [0.1, 0.15) is 0 Å². The second-order valence-electron chi connectivity index (χ2n) is 6.96. The molecule has 1 heterocycles. The summed E-state index contributed by atoms with van der Waals surface area (Å²) >= 11 is 0. The molecule has 4 nitrogen and oxygen atoms in total. The van der Waals surface area contributed by atoms with Gasteiger partial charge >= 0.3 is 0 Å². The molecule has 20 heavy (non-hydrogen) atoms. The summed E-state index contributed by atoms with van der Waals surface area (Å²) in [6, 6.07) is 0. The topological polar surface area (TPSA) is 57.6 Å². The molecule has 1 aliphatic heterocycles. The summed E-state index contributed by atoms with van der Waals surface area (Å²) in [5, 5.41) is 9.48. The number of amides is 2. The molecule has 0 aromatic rings. The molecule has 1 N–H and O–H groups in total. The molecule has 2 amide bonds. The van der Waals surface area contributed by atoms with Gasteiger partial charge in [-0.1, -0.05) is 25.7 Å². The molecule has 3 rings (SSSR count). The lowest BCUT2D eigenvalue weighted by atomic mass is 9.79. The normalized spacial score (nSPS) is 33.4. The van der Waals surface area contributed by atoms with Crippen molar-refractivity contribution in [3.63, 3.8) is 0 Å². The van der Waals surface area contributed by atoms with E-state index >= 15 is 0 Å². The van der Waals surface area contributed by atoms with Crippen molar-refractivity contribution in [3.05, 3.63) is 0 Å². The summed E-state index contributed by atoms with van der Waals surface area (Å²) in [7, 11) is 0. The van der Waals surface area contributed by atoms with Gasteiger partial charge in [-0.25, -0.2) is 0 Å². The van der Waals surface area contributed by atoms with Crippen LogP contribution in [0.5, 0.6) is 0 Å². The fourth-order valence-electron chi connectivity index (χ4n) is 4.49. The molecule has 0 aromatic carbocycles. The number of rotatable bonds is 3. The van der Waals surface area contributed by atoms with Crippen LogP contribution in [0.25, 0.3) is 0 Å². The van der Waals surface area contributed by atoms with Crippen molar-refractivity contribution in [2.24, 2.45) is 17.3 Å². The van der Waals surface area contributed by atoms with E-state index in [0.717, 1.165) is 51.4 Å². The Hall–Kier alpha value is -0.900. The van der Waals surface area contributed by atoms with Crippen molar-refractivity contribution in [2.75, 3.05) is 13.2 Å². The molecule has 2 unspecified atom stereocenters. The van der Waals surface area contributed by atoms with E-state index in [2.05, 4.69) is 0 Å². The van der Waals surface area contributed by atoms with Crippen molar-refractivity contribution < 1.29 is 14.7 Å². The number of likely N-dealkylation sites (tertiary alicyclic amines) is 1. The Kier molecular flexibility index (Phi) is 3.85. The maximum absolute atomic E-state index is 12.7. The van der Waals surface area contributed by atoms with Crippen LogP contribution in [0.2, 0.25) is 0 Å². The van der Waals surface area contributed by atoms with Crippen LogP contribution in [0.4, 0.5) is 0 Å². The second-order valence-corrected chi connectivity index (χ2v) is 6.96. The average Bonchev–Trinajstić information content (AvgIpc) is 3.01. The summed E-state index contributed by atoms with van der Waals surface area (Å²) in [5.74, 6) is 0.684. The fraction of sp³-hybridized carbons (Fsp3) is 0.875. The Morgan fingerprint density at radius 2 is 1.70 bits per heavy atom. The zero-order chi connectivity index (χ0) is 14.2. The summed E-state index contributed by atoms with van der Waals surface area (Å²) < 4.78 is 0. The van der Waals surface area contributed by atoms with Crippen LogP contribution < -0.4 is 0 Å². The third-order valence-corrected chi connectivity index (χ3v) is 5.77. The van der Waals surface area contributed by atoms with Crippen LogP contribution in [-0.2, 0) is 9.59 Å². The van der Waals surface area contributed by atoms with Gasteiger partial charge in [0.15, 0.2) is 0 Å². The Morgan fingerprint density at radius 3 is 2.35 bits per heavy atom. The number of aliphatic hydroxyl groups is 1. The van der Waals surface area contributed by atoms with Crippen molar-refractivity contribution in [1.29, 1.82) is 0 Å². The first kappa shape index (κ1) is 14.1. The number of carbonyl (C=O) groups is 2. The largest absolute Gasteiger partial charge is 0.396 e. The van der Waals surface area contributed by atoms with E-state index in [4.69, 9.17) is 0 Å². The maximum atomic E-state index is 12.7. The molecule has 112 valence electrons. The van der Waals surface area contributed by atoms with E-state index in [1.807, 2.05) is 0 Å². The van der Waals surface area contributed by atoms with Gasteiger partial charge in [0.05, 0.1) is 5.41 Å². The number of aliphatic hydroxyl groups excluding tert-OH is 1. The number of imide groups is 1. The summed E-state index contributed by atoms with van der Waals surface area (Å²) in [4.78, 5) is 26.4. The van der Waals surface area contributed by atoms with Gasteiger partial charge in [-0.05, 0) is 37.5 Å². The fourth-order valence-corrected chi connectivity index (χ4v) is 4.49. The quantitative estimate of drug-likeness (QED) is 0.805. The van der Waals surface area contributed by atoms with Crippen molar-refractivity contribution in [3.8, 4) is 0 Å². The van der Waals surface area contributed by atoms with E-state index in [1.54, 1.807) is 0 Å². The summed E-state index contributed by atoms with van der Waals surface area (Å²) in [6.45, 7) is 0.733. The van der Waals surface area contributed by atoms with E-state index < -0.39 is 0 Å². The van der Waals surface area contributed by atoms with Gasteiger partial charge in [0.25, 0.3) is 0 Å². The average molecular weight is 279 g/mol. The van der Waals surface area contributed by atoms with Crippen LogP contribution in [-0.4, -0.2) is 35.0 Å². The van der Waals surface area contributed by atoms with Gasteiger partial charge in [0, 0.05) is 19.6 Å². The molecule has 0 aromatic heterocycles.